The lowest BCUT2D eigenvalue weighted by Gasteiger charge is -2.35. The second kappa shape index (κ2) is 6.99. The number of piperidine rings is 1. The first kappa shape index (κ1) is 16.4. The van der Waals surface area contributed by atoms with Crippen LogP contribution in [0.2, 0.25) is 0 Å². The SMILES string of the molecule is CN1CCN(C(=O)c2ccc(C3CCN(C)CC3N)cc2)CC1. The van der Waals surface area contributed by atoms with Crippen molar-refractivity contribution in [1.29, 1.82) is 0 Å². The van der Waals surface area contributed by atoms with E-state index in [9.17, 15) is 4.79 Å². The molecule has 1 aromatic carbocycles. The lowest BCUT2D eigenvalue weighted by Crippen LogP contribution is -2.47. The molecule has 126 valence electrons. The quantitative estimate of drug-likeness (QED) is 0.878. The second-order valence-electron chi connectivity index (χ2n) is 7.04. The summed E-state index contributed by atoms with van der Waals surface area (Å²) in [6, 6.07) is 8.31. The molecule has 1 amide bonds. The highest BCUT2D eigenvalue weighted by atomic mass is 16.2. The molecule has 0 bridgehead atoms. The van der Waals surface area contributed by atoms with E-state index in [4.69, 9.17) is 5.73 Å². The predicted molar refractivity (Wildman–Crippen MR) is 92.7 cm³/mol. The number of likely N-dealkylation sites (N-methyl/N-ethyl adjacent to an activating group) is 2. The highest BCUT2D eigenvalue weighted by molar-refractivity contribution is 5.94. The summed E-state index contributed by atoms with van der Waals surface area (Å²) in [4.78, 5) is 19.1. The zero-order valence-electron chi connectivity index (χ0n) is 14.2. The number of rotatable bonds is 2. The number of nitrogens with zero attached hydrogens (tertiary/aromatic N) is 3. The van der Waals surface area contributed by atoms with Gasteiger partial charge in [-0.15, -0.1) is 0 Å². The molecule has 23 heavy (non-hydrogen) atoms. The van der Waals surface area contributed by atoms with Crippen LogP contribution in [0.15, 0.2) is 24.3 Å². The average molecular weight is 316 g/mol. The van der Waals surface area contributed by atoms with E-state index in [0.29, 0.717) is 5.92 Å². The van der Waals surface area contributed by atoms with E-state index in [-0.39, 0.29) is 11.9 Å². The first-order valence-electron chi connectivity index (χ1n) is 8.56. The maximum absolute atomic E-state index is 12.6. The highest BCUT2D eigenvalue weighted by Crippen LogP contribution is 2.27. The number of carbonyl (C=O) groups is 1. The maximum atomic E-state index is 12.6. The molecule has 0 aromatic heterocycles. The third kappa shape index (κ3) is 3.74. The summed E-state index contributed by atoms with van der Waals surface area (Å²) in [6.07, 6.45) is 1.09. The van der Waals surface area contributed by atoms with Crippen molar-refractivity contribution in [2.75, 3.05) is 53.4 Å². The van der Waals surface area contributed by atoms with Crippen molar-refractivity contribution in [1.82, 2.24) is 14.7 Å². The van der Waals surface area contributed by atoms with Crippen LogP contribution in [0.3, 0.4) is 0 Å². The first-order valence-corrected chi connectivity index (χ1v) is 8.56. The molecule has 3 rings (SSSR count). The minimum atomic E-state index is 0.150. The Morgan fingerprint density at radius 1 is 1.00 bits per heavy atom. The zero-order chi connectivity index (χ0) is 16.4. The highest BCUT2D eigenvalue weighted by Gasteiger charge is 2.26. The lowest BCUT2D eigenvalue weighted by molar-refractivity contribution is 0.0664. The van der Waals surface area contributed by atoms with E-state index in [0.717, 1.165) is 51.3 Å². The van der Waals surface area contributed by atoms with Crippen LogP contribution in [0.1, 0.15) is 28.3 Å². The molecule has 2 N–H and O–H groups in total. The predicted octanol–water partition coefficient (Wildman–Crippen LogP) is 0.821. The van der Waals surface area contributed by atoms with Crippen LogP contribution < -0.4 is 5.73 Å². The fourth-order valence-corrected chi connectivity index (χ4v) is 3.63. The Bertz CT molecular complexity index is 536. The average Bonchev–Trinajstić information content (AvgIpc) is 2.55. The van der Waals surface area contributed by atoms with E-state index in [1.165, 1.54) is 5.56 Å². The van der Waals surface area contributed by atoms with Gasteiger partial charge in [-0.05, 0) is 44.8 Å². The number of hydrogen-bond donors (Lipinski definition) is 1. The van der Waals surface area contributed by atoms with Crippen molar-refractivity contribution in [2.24, 2.45) is 5.73 Å². The van der Waals surface area contributed by atoms with Crippen LogP contribution >= 0.6 is 0 Å². The molecule has 5 nitrogen and oxygen atoms in total. The van der Waals surface area contributed by atoms with Crippen molar-refractivity contribution in [3.05, 3.63) is 35.4 Å². The van der Waals surface area contributed by atoms with Gasteiger partial charge in [0.25, 0.3) is 5.91 Å². The molecular formula is C18H28N4O. The monoisotopic (exact) mass is 316 g/mol. The fraction of sp³-hybridized carbons (Fsp3) is 0.611. The fourth-order valence-electron chi connectivity index (χ4n) is 3.63. The molecule has 0 aliphatic carbocycles. The van der Waals surface area contributed by atoms with Crippen LogP contribution in [-0.4, -0.2) is 80.0 Å². The molecule has 0 spiro atoms. The van der Waals surface area contributed by atoms with Gasteiger partial charge in [0.05, 0.1) is 0 Å². The molecule has 5 heteroatoms. The Labute approximate surface area is 139 Å². The number of benzene rings is 1. The van der Waals surface area contributed by atoms with Gasteiger partial charge < -0.3 is 20.4 Å². The van der Waals surface area contributed by atoms with Gasteiger partial charge in [-0.1, -0.05) is 12.1 Å². The van der Waals surface area contributed by atoms with Gasteiger partial charge >= 0.3 is 0 Å². The molecule has 2 saturated heterocycles. The van der Waals surface area contributed by atoms with Crippen molar-refractivity contribution in [3.63, 3.8) is 0 Å². The number of carbonyl (C=O) groups excluding carboxylic acids is 1. The van der Waals surface area contributed by atoms with E-state index >= 15 is 0 Å². The summed E-state index contributed by atoms with van der Waals surface area (Å²) in [5, 5.41) is 0. The largest absolute Gasteiger partial charge is 0.336 e. The summed E-state index contributed by atoms with van der Waals surface area (Å²) in [7, 11) is 4.22. The van der Waals surface area contributed by atoms with E-state index < -0.39 is 0 Å². The Hall–Kier alpha value is -1.43. The zero-order valence-corrected chi connectivity index (χ0v) is 14.2. The molecule has 2 aliphatic rings. The number of likely N-dealkylation sites (tertiary alicyclic amines) is 1. The minimum absolute atomic E-state index is 0.150. The van der Waals surface area contributed by atoms with Gasteiger partial charge in [-0.25, -0.2) is 0 Å². The van der Waals surface area contributed by atoms with Gasteiger partial charge in [0.15, 0.2) is 0 Å². The van der Waals surface area contributed by atoms with Crippen LogP contribution in [0.25, 0.3) is 0 Å². The van der Waals surface area contributed by atoms with Crippen molar-refractivity contribution < 1.29 is 4.79 Å². The van der Waals surface area contributed by atoms with Gasteiger partial charge in [0.1, 0.15) is 0 Å². The third-order valence-electron chi connectivity index (χ3n) is 5.24. The number of piperazine rings is 1. The summed E-state index contributed by atoms with van der Waals surface area (Å²) >= 11 is 0. The van der Waals surface area contributed by atoms with E-state index in [1.807, 2.05) is 17.0 Å². The van der Waals surface area contributed by atoms with Gasteiger partial charge in [-0.3, -0.25) is 4.79 Å². The van der Waals surface area contributed by atoms with Crippen LogP contribution in [0.5, 0.6) is 0 Å². The summed E-state index contributed by atoms with van der Waals surface area (Å²) in [6.45, 7) is 5.56. The molecular weight excluding hydrogens is 288 g/mol. The maximum Gasteiger partial charge on any atom is 0.253 e. The lowest BCUT2D eigenvalue weighted by atomic mass is 9.85. The molecule has 2 fully saturated rings. The smallest absolute Gasteiger partial charge is 0.253 e. The van der Waals surface area contributed by atoms with Crippen LogP contribution in [0, 0.1) is 0 Å². The molecule has 0 saturated carbocycles. The molecule has 1 aromatic rings. The number of hydrogen-bond acceptors (Lipinski definition) is 4. The molecule has 2 heterocycles. The first-order chi connectivity index (χ1) is 11.0. The number of amides is 1. The van der Waals surface area contributed by atoms with Gasteiger partial charge in [0.2, 0.25) is 0 Å². The van der Waals surface area contributed by atoms with Crippen molar-refractivity contribution in [3.8, 4) is 0 Å². The molecule has 2 unspecified atom stereocenters. The Morgan fingerprint density at radius 3 is 2.26 bits per heavy atom. The third-order valence-corrected chi connectivity index (χ3v) is 5.24. The van der Waals surface area contributed by atoms with Gasteiger partial charge in [-0.2, -0.15) is 0 Å². The summed E-state index contributed by atoms with van der Waals surface area (Å²) in [5.41, 5.74) is 8.36. The molecule has 2 aliphatic heterocycles. The van der Waals surface area contributed by atoms with Crippen LogP contribution in [0.4, 0.5) is 0 Å². The second-order valence-corrected chi connectivity index (χ2v) is 7.04. The summed E-state index contributed by atoms with van der Waals surface area (Å²) in [5.74, 6) is 0.552. The molecule has 0 radical (unpaired) electrons. The minimum Gasteiger partial charge on any atom is -0.336 e. The number of nitrogens with two attached hydrogens (primary N) is 1. The topological polar surface area (TPSA) is 52.8 Å². The Morgan fingerprint density at radius 2 is 1.65 bits per heavy atom. The Kier molecular flexibility index (Phi) is 4.99. The van der Waals surface area contributed by atoms with Gasteiger partial charge in [0, 0.05) is 50.2 Å². The summed E-state index contributed by atoms with van der Waals surface area (Å²) < 4.78 is 0. The standard InChI is InChI=1S/C18H28N4O/c1-20-9-11-22(12-10-20)18(23)15-5-3-14(4-6-15)16-7-8-21(2)13-17(16)19/h3-6,16-17H,7-13,19H2,1-2H3. The normalized spacial score (nSPS) is 27.2. The van der Waals surface area contributed by atoms with Crippen molar-refractivity contribution >= 4 is 5.91 Å². The molecule has 2 atom stereocenters. The van der Waals surface area contributed by atoms with Crippen molar-refractivity contribution in [2.45, 2.75) is 18.4 Å². The van der Waals surface area contributed by atoms with E-state index in [1.54, 1.807) is 0 Å². The van der Waals surface area contributed by atoms with Crippen LogP contribution in [-0.2, 0) is 0 Å². The van der Waals surface area contributed by atoms with E-state index in [2.05, 4.69) is 36.0 Å². The Balaban J connectivity index is 1.66.